The zero-order valence-electron chi connectivity index (χ0n) is 12.0. The van der Waals surface area contributed by atoms with Gasteiger partial charge in [-0.05, 0) is 44.4 Å². The van der Waals surface area contributed by atoms with Crippen LogP contribution in [0.25, 0.3) is 0 Å². The van der Waals surface area contributed by atoms with Crippen LogP contribution in [0.2, 0.25) is 0 Å². The summed E-state index contributed by atoms with van der Waals surface area (Å²) in [6.07, 6.45) is 9.02. The summed E-state index contributed by atoms with van der Waals surface area (Å²) in [4.78, 5) is 11.6. The minimum atomic E-state index is -0.807. The van der Waals surface area contributed by atoms with Gasteiger partial charge in [0.2, 0.25) is 0 Å². The van der Waals surface area contributed by atoms with E-state index in [-0.39, 0.29) is 12.6 Å². The summed E-state index contributed by atoms with van der Waals surface area (Å²) in [5.74, 6) is 0.219. The molecule has 108 valence electrons. The number of carbonyl (C=O) groups excluding carboxylic acids is 1. The number of esters is 1. The molecule has 0 aromatic rings. The van der Waals surface area contributed by atoms with Crippen LogP contribution < -0.4 is 0 Å². The van der Waals surface area contributed by atoms with E-state index in [1.807, 2.05) is 0 Å². The van der Waals surface area contributed by atoms with E-state index in [1.165, 1.54) is 25.7 Å². The standard InChI is InChI=1S/C16H26O3/c1-12(2)15(17)19-11-16(18,13-7-3-4-8-13)14-9-5-6-10-14/h13-14,18H,1,3-11H2,2H3. The molecule has 1 N–H and O–H groups in total. The molecule has 0 amide bonds. The van der Waals surface area contributed by atoms with Crippen molar-refractivity contribution < 1.29 is 14.6 Å². The van der Waals surface area contributed by atoms with Crippen molar-refractivity contribution >= 4 is 5.97 Å². The Hall–Kier alpha value is -0.830. The van der Waals surface area contributed by atoms with Crippen LogP contribution in [0.5, 0.6) is 0 Å². The molecule has 0 saturated heterocycles. The maximum atomic E-state index is 11.6. The second-order valence-corrected chi connectivity index (χ2v) is 6.31. The fraction of sp³-hybridized carbons (Fsp3) is 0.812. The third kappa shape index (κ3) is 3.19. The predicted octanol–water partition coefficient (Wildman–Crippen LogP) is 3.22. The van der Waals surface area contributed by atoms with E-state index in [2.05, 4.69) is 6.58 Å². The topological polar surface area (TPSA) is 46.5 Å². The first-order chi connectivity index (χ1) is 9.04. The van der Waals surface area contributed by atoms with Gasteiger partial charge in [-0.25, -0.2) is 4.79 Å². The van der Waals surface area contributed by atoms with E-state index >= 15 is 0 Å². The van der Waals surface area contributed by atoms with Crippen LogP contribution in [0.15, 0.2) is 12.2 Å². The third-order valence-corrected chi connectivity index (χ3v) is 4.91. The Kier molecular flexibility index (Phi) is 4.67. The Morgan fingerprint density at radius 1 is 1.16 bits per heavy atom. The Morgan fingerprint density at radius 3 is 1.95 bits per heavy atom. The van der Waals surface area contributed by atoms with Crippen LogP contribution in [0.3, 0.4) is 0 Å². The molecular formula is C16H26O3. The molecular weight excluding hydrogens is 240 g/mol. The highest BCUT2D eigenvalue weighted by Gasteiger charge is 2.46. The molecule has 2 rings (SSSR count). The van der Waals surface area contributed by atoms with Crippen LogP contribution in [0.1, 0.15) is 58.3 Å². The Morgan fingerprint density at radius 2 is 1.58 bits per heavy atom. The quantitative estimate of drug-likeness (QED) is 0.614. The largest absolute Gasteiger partial charge is 0.459 e. The van der Waals surface area contributed by atoms with Crippen molar-refractivity contribution in [2.45, 2.75) is 63.9 Å². The van der Waals surface area contributed by atoms with Gasteiger partial charge in [0.05, 0.1) is 0 Å². The van der Waals surface area contributed by atoms with Crippen LogP contribution >= 0.6 is 0 Å². The first-order valence-electron chi connectivity index (χ1n) is 7.59. The van der Waals surface area contributed by atoms with Crippen molar-refractivity contribution in [3.05, 3.63) is 12.2 Å². The monoisotopic (exact) mass is 266 g/mol. The number of aliphatic hydroxyl groups is 1. The fourth-order valence-corrected chi connectivity index (χ4v) is 3.72. The molecule has 3 heteroatoms. The molecule has 2 saturated carbocycles. The van der Waals surface area contributed by atoms with Gasteiger partial charge in [0.1, 0.15) is 12.2 Å². The number of hydrogen-bond acceptors (Lipinski definition) is 3. The van der Waals surface area contributed by atoms with Crippen molar-refractivity contribution in [2.24, 2.45) is 11.8 Å². The molecule has 0 aliphatic heterocycles. The summed E-state index contributed by atoms with van der Waals surface area (Å²) in [5.41, 5.74) is -0.404. The smallest absolute Gasteiger partial charge is 0.333 e. The minimum absolute atomic E-state index is 0.147. The molecule has 2 aliphatic rings. The Labute approximate surface area is 116 Å². The third-order valence-electron chi connectivity index (χ3n) is 4.91. The molecule has 0 spiro atoms. The molecule has 0 atom stereocenters. The molecule has 0 bridgehead atoms. The highest BCUT2D eigenvalue weighted by atomic mass is 16.5. The molecule has 0 unspecified atom stereocenters. The lowest BCUT2D eigenvalue weighted by Crippen LogP contribution is -2.48. The van der Waals surface area contributed by atoms with Crippen LogP contribution in [0, 0.1) is 11.8 Å². The summed E-state index contributed by atoms with van der Waals surface area (Å²) in [6, 6.07) is 0. The lowest BCUT2D eigenvalue weighted by molar-refractivity contribution is -0.158. The maximum absolute atomic E-state index is 11.6. The van der Waals surface area contributed by atoms with Gasteiger partial charge in [0, 0.05) is 5.57 Å². The van der Waals surface area contributed by atoms with Gasteiger partial charge in [-0.3, -0.25) is 0 Å². The van der Waals surface area contributed by atoms with Gasteiger partial charge in [-0.2, -0.15) is 0 Å². The van der Waals surface area contributed by atoms with Crippen LogP contribution in [-0.2, 0) is 9.53 Å². The minimum Gasteiger partial charge on any atom is -0.459 e. The van der Waals surface area contributed by atoms with Crippen molar-refractivity contribution in [1.82, 2.24) is 0 Å². The second-order valence-electron chi connectivity index (χ2n) is 6.31. The lowest BCUT2D eigenvalue weighted by Gasteiger charge is -2.38. The number of hydrogen-bond donors (Lipinski definition) is 1. The van der Waals surface area contributed by atoms with Gasteiger partial charge in [-0.1, -0.05) is 32.3 Å². The van der Waals surface area contributed by atoms with Gasteiger partial charge < -0.3 is 9.84 Å². The van der Waals surface area contributed by atoms with Crippen molar-refractivity contribution in [2.75, 3.05) is 6.61 Å². The summed E-state index contributed by atoms with van der Waals surface area (Å²) in [6.45, 7) is 5.39. The van der Waals surface area contributed by atoms with Crippen LogP contribution in [-0.4, -0.2) is 23.3 Å². The van der Waals surface area contributed by atoms with Gasteiger partial charge >= 0.3 is 5.97 Å². The van der Waals surface area contributed by atoms with E-state index in [9.17, 15) is 9.90 Å². The molecule has 19 heavy (non-hydrogen) atoms. The average molecular weight is 266 g/mol. The average Bonchev–Trinajstić information content (AvgIpc) is 3.06. The zero-order valence-corrected chi connectivity index (χ0v) is 12.0. The van der Waals surface area contributed by atoms with Crippen LogP contribution in [0.4, 0.5) is 0 Å². The van der Waals surface area contributed by atoms with Crippen molar-refractivity contribution in [3.63, 3.8) is 0 Å². The van der Waals surface area contributed by atoms with Gasteiger partial charge in [0.25, 0.3) is 0 Å². The highest BCUT2D eigenvalue weighted by molar-refractivity contribution is 5.86. The summed E-state index contributed by atoms with van der Waals surface area (Å²) >= 11 is 0. The molecule has 2 aliphatic carbocycles. The molecule has 0 heterocycles. The van der Waals surface area contributed by atoms with Gasteiger partial charge in [-0.15, -0.1) is 0 Å². The normalized spacial score (nSPS) is 21.8. The second kappa shape index (κ2) is 6.08. The first-order valence-corrected chi connectivity index (χ1v) is 7.59. The lowest BCUT2D eigenvalue weighted by atomic mass is 9.75. The molecule has 3 nitrogen and oxygen atoms in total. The van der Waals surface area contributed by atoms with E-state index < -0.39 is 5.60 Å². The van der Waals surface area contributed by atoms with Gasteiger partial charge in [0.15, 0.2) is 0 Å². The Balaban J connectivity index is 2.04. The SMILES string of the molecule is C=C(C)C(=O)OCC(O)(C1CCCC1)C1CCCC1. The maximum Gasteiger partial charge on any atom is 0.333 e. The predicted molar refractivity (Wildman–Crippen MR) is 74.6 cm³/mol. The van der Waals surface area contributed by atoms with E-state index in [4.69, 9.17) is 4.74 Å². The summed E-state index contributed by atoms with van der Waals surface area (Å²) < 4.78 is 5.30. The molecule has 0 aromatic carbocycles. The van der Waals surface area contributed by atoms with Crippen molar-refractivity contribution in [3.8, 4) is 0 Å². The highest BCUT2D eigenvalue weighted by Crippen LogP contribution is 2.44. The Bertz CT molecular complexity index is 320. The molecule has 0 radical (unpaired) electrons. The van der Waals surface area contributed by atoms with E-state index in [0.717, 1.165) is 25.7 Å². The number of rotatable bonds is 5. The van der Waals surface area contributed by atoms with E-state index in [1.54, 1.807) is 6.92 Å². The molecule has 2 fully saturated rings. The molecule has 0 aromatic heterocycles. The summed E-state index contributed by atoms with van der Waals surface area (Å²) in [5, 5.41) is 11.1. The number of carbonyl (C=O) groups is 1. The number of ether oxygens (including phenoxy) is 1. The van der Waals surface area contributed by atoms with E-state index in [0.29, 0.717) is 17.4 Å². The first kappa shape index (κ1) is 14.6. The zero-order chi connectivity index (χ0) is 13.9. The van der Waals surface area contributed by atoms with Crippen molar-refractivity contribution in [1.29, 1.82) is 0 Å². The fourth-order valence-electron chi connectivity index (χ4n) is 3.72. The summed E-state index contributed by atoms with van der Waals surface area (Å²) in [7, 11) is 0.